The Morgan fingerprint density at radius 1 is 1.19 bits per heavy atom. The van der Waals surface area contributed by atoms with E-state index in [1.54, 1.807) is 12.1 Å². The number of aromatic nitrogens is 2. The SMILES string of the molecule is CCN(CC)CCn1cc(NCc2ccc(O)cc2)cn1. The largest absolute Gasteiger partial charge is 0.508 e. The summed E-state index contributed by atoms with van der Waals surface area (Å²) in [4.78, 5) is 2.38. The van der Waals surface area contributed by atoms with Crippen LogP contribution in [0.15, 0.2) is 36.7 Å². The predicted molar refractivity (Wildman–Crippen MR) is 85.4 cm³/mol. The minimum Gasteiger partial charge on any atom is -0.508 e. The minimum atomic E-state index is 0.294. The number of hydrogen-bond donors (Lipinski definition) is 2. The Morgan fingerprint density at radius 2 is 1.90 bits per heavy atom. The van der Waals surface area contributed by atoms with Gasteiger partial charge in [0.05, 0.1) is 18.4 Å². The van der Waals surface area contributed by atoms with E-state index in [0.717, 1.165) is 44.0 Å². The van der Waals surface area contributed by atoms with Crippen molar-refractivity contribution in [3.63, 3.8) is 0 Å². The van der Waals surface area contributed by atoms with Crippen molar-refractivity contribution in [2.45, 2.75) is 26.9 Å². The molecular formula is C16H24N4O. The molecule has 114 valence electrons. The number of phenols is 1. The van der Waals surface area contributed by atoms with Gasteiger partial charge in [-0.25, -0.2) is 0 Å². The lowest BCUT2D eigenvalue weighted by Gasteiger charge is -2.17. The first kappa shape index (κ1) is 15.4. The molecule has 21 heavy (non-hydrogen) atoms. The summed E-state index contributed by atoms with van der Waals surface area (Å²) in [6.45, 7) is 9.15. The van der Waals surface area contributed by atoms with Gasteiger partial charge in [0.25, 0.3) is 0 Å². The maximum absolute atomic E-state index is 9.25. The van der Waals surface area contributed by atoms with Gasteiger partial charge in [0, 0.05) is 19.3 Å². The van der Waals surface area contributed by atoms with E-state index < -0.39 is 0 Å². The number of nitrogens with one attached hydrogen (secondary N) is 1. The van der Waals surface area contributed by atoms with Crippen molar-refractivity contribution >= 4 is 5.69 Å². The Morgan fingerprint density at radius 3 is 2.57 bits per heavy atom. The van der Waals surface area contributed by atoms with Gasteiger partial charge in [-0.2, -0.15) is 5.10 Å². The van der Waals surface area contributed by atoms with E-state index >= 15 is 0 Å². The van der Waals surface area contributed by atoms with Gasteiger partial charge in [-0.05, 0) is 30.8 Å². The molecule has 0 aliphatic rings. The van der Waals surface area contributed by atoms with Crippen LogP contribution in [0.4, 0.5) is 5.69 Å². The molecule has 5 nitrogen and oxygen atoms in total. The zero-order chi connectivity index (χ0) is 15.1. The second-order valence-corrected chi connectivity index (χ2v) is 5.04. The average molecular weight is 288 g/mol. The number of likely N-dealkylation sites (N-methyl/N-ethyl adjacent to an activating group) is 1. The standard InChI is InChI=1S/C16H24N4O/c1-3-19(4-2)9-10-20-13-15(12-18-20)17-11-14-5-7-16(21)8-6-14/h5-8,12-13,17,21H,3-4,9-11H2,1-2H3. The molecule has 2 aromatic rings. The van der Waals surface area contributed by atoms with Crippen LogP contribution in [0.2, 0.25) is 0 Å². The second kappa shape index (κ2) is 7.69. The smallest absolute Gasteiger partial charge is 0.115 e. The molecule has 0 spiro atoms. The molecule has 0 aliphatic carbocycles. The number of phenolic OH excluding ortho intramolecular Hbond substituents is 1. The first-order valence-corrected chi connectivity index (χ1v) is 7.47. The van der Waals surface area contributed by atoms with Gasteiger partial charge < -0.3 is 15.3 Å². The molecule has 0 aliphatic heterocycles. The van der Waals surface area contributed by atoms with E-state index in [0.29, 0.717) is 5.75 Å². The fraction of sp³-hybridized carbons (Fsp3) is 0.438. The highest BCUT2D eigenvalue weighted by Crippen LogP contribution is 2.12. The summed E-state index contributed by atoms with van der Waals surface area (Å²) in [6, 6.07) is 7.22. The van der Waals surface area contributed by atoms with Gasteiger partial charge >= 0.3 is 0 Å². The molecular weight excluding hydrogens is 264 g/mol. The van der Waals surface area contributed by atoms with Crippen LogP contribution in [-0.4, -0.2) is 39.4 Å². The maximum Gasteiger partial charge on any atom is 0.115 e. The summed E-state index contributed by atoms with van der Waals surface area (Å²) in [5.41, 5.74) is 2.14. The number of rotatable bonds is 8. The molecule has 1 aromatic carbocycles. The molecule has 0 bridgehead atoms. The Kier molecular flexibility index (Phi) is 5.63. The molecule has 0 atom stereocenters. The van der Waals surface area contributed by atoms with Crippen LogP contribution in [0.1, 0.15) is 19.4 Å². The molecule has 0 amide bonds. The van der Waals surface area contributed by atoms with Crippen molar-refractivity contribution in [2.75, 3.05) is 25.0 Å². The molecule has 0 unspecified atom stereocenters. The quantitative estimate of drug-likeness (QED) is 0.784. The molecule has 1 heterocycles. The van der Waals surface area contributed by atoms with Gasteiger partial charge in [-0.1, -0.05) is 26.0 Å². The molecule has 0 saturated carbocycles. The summed E-state index contributed by atoms with van der Waals surface area (Å²) in [5, 5.41) is 17.0. The Balaban J connectivity index is 1.81. The zero-order valence-corrected chi connectivity index (χ0v) is 12.8. The van der Waals surface area contributed by atoms with Crippen LogP contribution in [0.5, 0.6) is 5.75 Å². The molecule has 2 rings (SSSR count). The first-order chi connectivity index (χ1) is 10.2. The van der Waals surface area contributed by atoms with Crippen molar-refractivity contribution in [2.24, 2.45) is 0 Å². The molecule has 2 N–H and O–H groups in total. The number of aromatic hydroxyl groups is 1. The van der Waals surface area contributed by atoms with Crippen molar-refractivity contribution in [3.8, 4) is 5.75 Å². The fourth-order valence-corrected chi connectivity index (χ4v) is 2.18. The maximum atomic E-state index is 9.25. The molecule has 0 fully saturated rings. The number of anilines is 1. The molecule has 0 radical (unpaired) electrons. The van der Waals surface area contributed by atoms with Gasteiger partial charge in [0.15, 0.2) is 0 Å². The third-order valence-corrected chi connectivity index (χ3v) is 3.61. The molecule has 5 heteroatoms. The van der Waals surface area contributed by atoms with Crippen LogP contribution in [0.25, 0.3) is 0 Å². The Labute approximate surface area is 126 Å². The molecule has 1 aromatic heterocycles. The van der Waals surface area contributed by atoms with Crippen LogP contribution in [-0.2, 0) is 13.1 Å². The second-order valence-electron chi connectivity index (χ2n) is 5.04. The minimum absolute atomic E-state index is 0.294. The van der Waals surface area contributed by atoms with Crippen molar-refractivity contribution in [1.82, 2.24) is 14.7 Å². The van der Waals surface area contributed by atoms with Gasteiger partial charge in [-0.3, -0.25) is 4.68 Å². The van der Waals surface area contributed by atoms with E-state index in [1.165, 1.54) is 0 Å². The Hall–Kier alpha value is -2.01. The highest BCUT2D eigenvalue weighted by atomic mass is 16.3. The number of benzene rings is 1. The van der Waals surface area contributed by atoms with Crippen LogP contribution >= 0.6 is 0 Å². The van der Waals surface area contributed by atoms with Gasteiger partial charge in [0.1, 0.15) is 5.75 Å². The lowest BCUT2D eigenvalue weighted by Crippen LogP contribution is -2.27. The van der Waals surface area contributed by atoms with E-state index in [4.69, 9.17) is 0 Å². The molecule has 0 saturated heterocycles. The Bertz CT molecular complexity index is 531. The van der Waals surface area contributed by atoms with Gasteiger partial charge in [-0.15, -0.1) is 0 Å². The number of hydrogen-bond acceptors (Lipinski definition) is 4. The van der Waals surface area contributed by atoms with Crippen LogP contribution in [0, 0.1) is 0 Å². The van der Waals surface area contributed by atoms with Crippen molar-refractivity contribution in [3.05, 3.63) is 42.2 Å². The summed E-state index contributed by atoms with van der Waals surface area (Å²) >= 11 is 0. The lowest BCUT2D eigenvalue weighted by atomic mass is 10.2. The zero-order valence-electron chi connectivity index (χ0n) is 12.8. The summed E-state index contributed by atoms with van der Waals surface area (Å²) in [7, 11) is 0. The highest BCUT2D eigenvalue weighted by Gasteiger charge is 2.02. The predicted octanol–water partition coefficient (Wildman–Crippen LogP) is 2.54. The summed E-state index contributed by atoms with van der Waals surface area (Å²) in [6.07, 6.45) is 3.88. The monoisotopic (exact) mass is 288 g/mol. The van der Waals surface area contributed by atoms with E-state index in [1.807, 2.05) is 29.2 Å². The topological polar surface area (TPSA) is 53.3 Å². The highest BCUT2D eigenvalue weighted by molar-refractivity contribution is 5.39. The normalized spacial score (nSPS) is 11.0. The third kappa shape index (κ3) is 4.79. The van der Waals surface area contributed by atoms with E-state index in [9.17, 15) is 5.11 Å². The van der Waals surface area contributed by atoms with E-state index in [-0.39, 0.29) is 0 Å². The summed E-state index contributed by atoms with van der Waals surface area (Å²) < 4.78 is 1.97. The van der Waals surface area contributed by atoms with E-state index in [2.05, 4.69) is 29.2 Å². The lowest BCUT2D eigenvalue weighted by molar-refractivity contribution is 0.285. The number of nitrogens with zero attached hydrogens (tertiary/aromatic N) is 3. The first-order valence-electron chi connectivity index (χ1n) is 7.47. The van der Waals surface area contributed by atoms with Crippen molar-refractivity contribution < 1.29 is 5.11 Å². The average Bonchev–Trinajstić information content (AvgIpc) is 2.96. The fourth-order valence-electron chi connectivity index (χ4n) is 2.18. The van der Waals surface area contributed by atoms with Crippen molar-refractivity contribution in [1.29, 1.82) is 0 Å². The van der Waals surface area contributed by atoms with Crippen LogP contribution in [0.3, 0.4) is 0 Å². The summed E-state index contributed by atoms with van der Waals surface area (Å²) in [5.74, 6) is 0.294. The van der Waals surface area contributed by atoms with Crippen LogP contribution < -0.4 is 5.32 Å². The third-order valence-electron chi connectivity index (χ3n) is 3.61. The van der Waals surface area contributed by atoms with Gasteiger partial charge in [0.2, 0.25) is 0 Å².